The lowest BCUT2D eigenvalue weighted by Crippen LogP contribution is -3.00. The number of hydrogen-bond donors (Lipinski definition) is 3. The predicted octanol–water partition coefficient (Wildman–Crippen LogP) is 2.60. The minimum atomic E-state index is -0.759. The van der Waals surface area contributed by atoms with Gasteiger partial charge in [0.25, 0.3) is 5.91 Å². The molecule has 0 saturated heterocycles. The van der Waals surface area contributed by atoms with Crippen molar-refractivity contribution >= 4 is 29.1 Å². The number of methoxy groups -OCH3 is 4. The number of rotatable bonds is 10. The summed E-state index contributed by atoms with van der Waals surface area (Å²) in [6, 6.07) is 23.9. The molecule has 17 heteroatoms. The van der Waals surface area contributed by atoms with Gasteiger partial charge in [0.15, 0.2) is 23.1 Å². The number of carbonyl (C=O) groups is 2. The van der Waals surface area contributed by atoms with Crippen molar-refractivity contribution in [2.45, 2.75) is 6.42 Å². The van der Waals surface area contributed by atoms with Gasteiger partial charge in [0, 0.05) is 41.1 Å². The molecule has 0 spiro atoms. The smallest absolute Gasteiger partial charge is 0.344 e. The molecule has 292 valence electrons. The van der Waals surface area contributed by atoms with Crippen molar-refractivity contribution in [3.8, 4) is 45.5 Å². The average molecular weight is 809 g/mol. The van der Waals surface area contributed by atoms with Gasteiger partial charge in [0.2, 0.25) is 0 Å². The Morgan fingerprint density at radius 2 is 1.21 bits per heavy atom. The summed E-state index contributed by atoms with van der Waals surface area (Å²) in [5.41, 5.74) is 18.4. The molecule has 2 amide bonds. The molecule has 13 nitrogen and oxygen atoms in total. The van der Waals surface area contributed by atoms with Crippen LogP contribution in [0.15, 0.2) is 97.6 Å². The lowest BCUT2D eigenvalue weighted by atomic mass is 10.0. The molecule has 2 aromatic heterocycles. The Morgan fingerprint density at radius 3 is 1.73 bits per heavy atom. The van der Waals surface area contributed by atoms with Crippen LogP contribution in [0.25, 0.3) is 22.5 Å². The molecule has 56 heavy (non-hydrogen) atoms. The molecule has 0 unspecified atom stereocenters. The van der Waals surface area contributed by atoms with Crippen LogP contribution in [-0.4, -0.2) is 60.2 Å². The summed E-state index contributed by atoms with van der Waals surface area (Å²) >= 11 is 5.80. The van der Waals surface area contributed by atoms with E-state index >= 15 is 0 Å². The van der Waals surface area contributed by atoms with Crippen LogP contribution in [0.3, 0.4) is 0 Å². The van der Waals surface area contributed by atoms with Crippen LogP contribution in [0.5, 0.6) is 23.0 Å². The van der Waals surface area contributed by atoms with Gasteiger partial charge in [0.1, 0.15) is 34.9 Å². The summed E-state index contributed by atoms with van der Waals surface area (Å²) in [6.07, 6.45) is 3.17. The third-order valence-electron chi connectivity index (χ3n) is 7.65. The molecular weight excluding hydrogens is 771 g/mol. The van der Waals surface area contributed by atoms with Gasteiger partial charge in [-0.1, -0.05) is 35.9 Å². The Hall–Kier alpha value is -6.42. The number of carbonyl (C=O) groups excluding carboxylic acids is 2. The first-order valence-electron chi connectivity index (χ1n) is 16.1. The van der Waals surface area contributed by atoms with Crippen LogP contribution in [0.1, 0.15) is 32.0 Å². The summed E-state index contributed by atoms with van der Waals surface area (Å²) in [5.74, 6) is -1.41. The van der Waals surface area contributed by atoms with E-state index in [2.05, 4.69) is 25.7 Å². The quantitative estimate of drug-likeness (QED) is 0.136. The number of nitrogen functional groups attached to an aromatic ring is 1. The van der Waals surface area contributed by atoms with Crippen LogP contribution >= 0.6 is 11.6 Å². The third-order valence-corrected chi connectivity index (χ3v) is 7.86. The summed E-state index contributed by atoms with van der Waals surface area (Å²) in [6.45, 7) is 0. The first-order valence-corrected chi connectivity index (χ1v) is 16.5. The van der Waals surface area contributed by atoms with Crippen molar-refractivity contribution < 1.29 is 55.5 Å². The number of benzene rings is 4. The first kappa shape index (κ1) is 44.0. The molecule has 0 fully saturated rings. The molecular formula is C39H37Cl2F2N7O6. The lowest BCUT2D eigenvalue weighted by molar-refractivity contribution is -0.255. The monoisotopic (exact) mass is 807 g/mol. The molecule has 0 aliphatic rings. The van der Waals surface area contributed by atoms with Gasteiger partial charge in [-0.25, -0.2) is 33.5 Å². The zero-order chi connectivity index (χ0) is 40.1. The molecule has 0 radical (unpaired) electrons. The molecule has 2 heterocycles. The van der Waals surface area contributed by atoms with Crippen LogP contribution in [0, 0.1) is 11.6 Å². The van der Waals surface area contributed by atoms with Gasteiger partial charge in [-0.15, -0.1) is 0 Å². The standard InChI is InChI=1S/C20H18FN3O3.C11H9ClN2O.C8H9FN2O2.ClH/c1-26-18-6-4-3-5-14(18)17-10-13(23-11-24-17)7-12-8-15(20(22)25)19(27-2)16(21)9-12;1-15-10-5-3-2-4-8(10)9-6-11(12)14-7-13-9;1-13-7-5(8(11)12)2-4(10)3-6(7)9;/h3-6,8-11H,7H2,1-2H3,(H2,22,25);2-7H,1H3;2-3H,10H2,1H3,(H2,11,12);1H. The molecule has 6 rings (SSSR count). The highest BCUT2D eigenvalue weighted by atomic mass is 35.5. The zero-order valence-corrected chi connectivity index (χ0v) is 32.1. The molecule has 0 atom stereocenters. The Balaban J connectivity index is 0.000000245. The number of halogens is 4. The van der Waals surface area contributed by atoms with Gasteiger partial charge in [-0.2, -0.15) is 0 Å². The maximum atomic E-state index is 14.2. The number of anilines is 1. The minimum absolute atomic E-state index is 0. The summed E-state index contributed by atoms with van der Waals surface area (Å²) in [5, 5.41) is 0.422. The highest BCUT2D eigenvalue weighted by molar-refractivity contribution is 6.29. The SMILES string of the molecule is COc1c(F)cc(N)cc1C([NH3+])=O.COc1ccccc1-c1cc(Cc2cc(F)c(OC)c(C(N)=O)c2)ncn1.COc1ccccc1-c1cc(Cl)ncn1.[Cl-]. The number of aromatic nitrogens is 4. The topological polar surface area (TPSA) is 202 Å². The van der Waals surface area contributed by atoms with Gasteiger partial charge >= 0.3 is 5.91 Å². The number of primary amides is 1. The van der Waals surface area contributed by atoms with Crippen LogP contribution in [0.4, 0.5) is 14.5 Å². The first-order chi connectivity index (χ1) is 26.4. The molecule has 0 aliphatic heterocycles. The maximum absolute atomic E-state index is 14.2. The van der Waals surface area contributed by atoms with Gasteiger partial charge in [0.05, 0.1) is 45.4 Å². The van der Waals surface area contributed by atoms with Gasteiger partial charge in [-0.3, -0.25) is 10.5 Å². The number of quaternary nitrogens is 1. The van der Waals surface area contributed by atoms with E-state index in [4.69, 9.17) is 42.0 Å². The number of ether oxygens (including phenoxy) is 4. The normalized spacial score (nSPS) is 10.0. The second-order valence-electron chi connectivity index (χ2n) is 11.2. The number of hydrogen-bond acceptors (Lipinski definition) is 11. The van der Waals surface area contributed by atoms with E-state index in [1.54, 1.807) is 26.4 Å². The van der Waals surface area contributed by atoms with E-state index in [1.165, 1.54) is 45.1 Å². The highest BCUT2D eigenvalue weighted by Crippen LogP contribution is 2.31. The second kappa shape index (κ2) is 20.9. The van der Waals surface area contributed by atoms with E-state index in [-0.39, 0.29) is 40.7 Å². The van der Waals surface area contributed by atoms with E-state index < -0.39 is 23.4 Å². The summed E-state index contributed by atoms with van der Waals surface area (Å²) in [7, 11) is 5.78. The van der Waals surface area contributed by atoms with Crippen molar-refractivity contribution in [1.82, 2.24) is 19.9 Å². The lowest BCUT2D eigenvalue weighted by Gasteiger charge is -2.11. The Morgan fingerprint density at radius 1 is 0.696 bits per heavy atom. The van der Waals surface area contributed by atoms with Gasteiger partial charge < -0.3 is 42.8 Å². The Labute approximate surface area is 332 Å². The fourth-order valence-corrected chi connectivity index (χ4v) is 5.36. The molecule has 6 aromatic rings. The van der Waals surface area contributed by atoms with E-state index in [0.29, 0.717) is 34.3 Å². The fraction of sp³-hybridized carbons (Fsp3) is 0.128. The van der Waals surface area contributed by atoms with E-state index in [0.717, 1.165) is 28.6 Å². The van der Waals surface area contributed by atoms with Crippen LogP contribution in [0.2, 0.25) is 5.15 Å². The van der Waals surface area contributed by atoms with Crippen molar-refractivity contribution in [3.63, 3.8) is 0 Å². The van der Waals surface area contributed by atoms with E-state index in [1.807, 2.05) is 48.5 Å². The van der Waals surface area contributed by atoms with Crippen molar-refractivity contribution in [2.24, 2.45) is 5.73 Å². The number of para-hydroxylation sites is 2. The molecule has 0 saturated carbocycles. The van der Waals surface area contributed by atoms with Crippen LogP contribution in [-0.2, 0) is 6.42 Å². The second-order valence-corrected chi connectivity index (χ2v) is 11.6. The number of nitrogens with zero attached hydrogens (tertiary/aromatic N) is 4. The molecule has 0 aliphatic carbocycles. The zero-order valence-electron chi connectivity index (χ0n) is 30.6. The largest absolute Gasteiger partial charge is 1.00 e. The fourth-order valence-electron chi connectivity index (χ4n) is 5.22. The average Bonchev–Trinajstić information content (AvgIpc) is 3.18. The van der Waals surface area contributed by atoms with Crippen LogP contribution < -0.4 is 48.6 Å². The minimum Gasteiger partial charge on any atom is -1.00 e. The summed E-state index contributed by atoms with van der Waals surface area (Å²) < 4.78 is 47.6. The van der Waals surface area contributed by atoms with Crippen molar-refractivity contribution in [3.05, 3.63) is 137 Å². The molecule has 7 N–H and O–H groups in total. The molecule has 4 aromatic carbocycles. The summed E-state index contributed by atoms with van der Waals surface area (Å²) in [4.78, 5) is 39.0. The number of amides is 2. The molecule has 0 bridgehead atoms. The van der Waals surface area contributed by atoms with Crippen molar-refractivity contribution in [1.29, 1.82) is 0 Å². The Kier molecular flexibility index (Phi) is 16.4. The highest BCUT2D eigenvalue weighted by Gasteiger charge is 2.18. The predicted molar refractivity (Wildman–Crippen MR) is 202 cm³/mol. The maximum Gasteiger partial charge on any atom is 0.344 e. The van der Waals surface area contributed by atoms with Gasteiger partial charge in [-0.05, 0) is 54.1 Å². The van der Waals surface area contributed by atoms with Crippen molar-refractivity contribution in [2.75, 3.05) is 34.2 Å². The van der Waals surface area contributed by atoms with E-state index in [9.17, 15) is 18.4 Å². The number of nitrogens with two attached hydrogens (primary N) is 2. The Bertz CT molecular complexity index is 2300. The third kappa shape index (κ3) is 11.3.